The number of nitrogens with one attached hydrogen (secondary N) is 1. The van der Waals surface area contributed by atoms with Gasteiger partial charge in [0.05, 0.1) is 21.5 Å². The lowest BCUT2D eigenvalue weighted by Gasteiger charge is -2.08. The first-order valence-corrected chi connectivity index (χ1v) is 9.10. The number of rotatable bonds is 6. The van der Waals surface area contributed by atoms with Gasteiger partial charge in [0.25, 0.3) is 17.3 Å². The Labute approximate surface area is 178 Å². The van der Waals surface area contributed by atoms with E-state index in [1.54, 1.807) is 13.8 Å². The van der Waals surface area contributed by atoms with Gasteiger partial charge in [-0.2, -0.15) is 0 Å². The summed E-state index contributed by atoms with van der Waals surface area (Å²) in [7, 11) is 0. The Balaban J connectivity index is 1.92. The van der Waals surface area contributed by atoms with Crippen molar-refractivity contribution in [1.82, 2.24) is 5.32 Å². The average molecular weight is 441 g/mol. The monoisotopic (exact) mass is 441 g/mol. The van der Waals surface area contributed by atoms with E-state index in [9.17, 15) is 34.6 Å². The number of ether oxygens (including phenoxy) is 1. The molecule has 0 bridgehead atoms. The number of esters is 1. The fourth-order valence-electron chi connectivity index (χ4n) is 2.74. The first-order chi connectivity index (χ1) is 15.0. The van der Waals surface area contributed by atoms with Gasteiger partial charge in [-0.25, -0.2) is 9.59 Å². The molecule has 1 amide bonds. The van der Waals surface area contributed by atoms with Crippen LogP contribution in [0.1, 0.15) is 34.6 Å². The summed E-state index contributed by atoms with van der Waals surface area (Å²) < 4.78 is 10.3. The average Bonchev–Trinajstić information content (AvgIpc) is 2.72. The van der Waals surface area contributed by atoms with Gasteiger partial charge in [-0.15, -0.1) is 0 Å². The van der Waals surface area contributed by atoms with Crippen LogP contribution >= 0.6 is 0 Å². The second-order valence-electron chi connectivity index (χ2n) is 6.92. The molecule has 3 rings (SSSR count). The first-order valence-electron chi connectivity index (χ1n) is 9.10. The third-order valence-electron chi connectivity index (χ3n) is 4.14. The van der Waals surface area contributed by atoms with Crippen LogP contribution in [0.5, 0.6) is 5.75 Å². The predicted octanol–water partition coefficient (Wildman–Crippen LogP) is 2.97. The van der Waals surface area contributed by atoms with E-state index in [0.717, 1.165) is 12.1 Å². The van der Waals surface area contributed by atoms with E-state index in [2.05, 4.69) is 5.32 Å². The molecular weight excluding hydrogens is 426 g/mol. The van der Waals surface area contributed by atoms with Gasteiger partial charge in [-0.3, -0.25) is 25.0 Å². The highest BCUT2D eigenvalue weighted by molar-refractivity contribution is 5.97. The highest BCUT2D eigenvalue weighted by Crippen LogP contribution is 2.25. The Bertz CT molecular complexity index is 1300. The minimum absolute atomic E-state index is 0.0198. The molecule has 1 aromatic heterocycles. The van der Waals surface area contributed by atoms with Crippen molar-refractivity contribution in [2.75, 3.05) is 0 Å². The van der Waals surface area contributed by atoms with Crippen molar-refractivity contribution >= 4 is 34.2 Å². The summed E-state index contributed by atoms with van der Waals surface area (Å²) in [5, 5.41) is 24.9. The molecule has 0 aliphatic rings. The van der Waals surface area contributed by atoms with Crippen LogP contribution in [0.15, 0.2) is 51.7 Å². The maximum Gasteiger partial charge on any atom is 0.349 e. The first kappa shape index (κ1) is 22.1. The number of carbonyl (C=O) groups excluding carboxylic acids is 2. The second-order valence-corrected chi connectivity index (χ2v) is 6.92. The summed E-state index contributed by atoms with van der Waals surface area (Å²) in [6, 6.07) is 7.53. The number of fused-ring (bicyclic) bond motifs is 1. The van der Waals surface area contributed by atoms with Crippen LogP contribution in [0, 0.1) is 20.2 Å². The fraction of sp³-hybridized carbons (Fsp3) is 0.150. The Morgan fingerprint density at radius 2 is 1.62 bits per heavy atom. The number of amides is 1. The number of nitro groups is 2. The largest absolute Gasteiger partial charge is 0.423 e. The second kappa shape index (κ2) is 8.63. The molecule has 2 aromatic carbocycles. The molecule has 0 aliphatic heterocycles. The van der Waals surface area contributed by atoms with Gasteiger partial charge in [0.2, 0.25) is 0 Å². The topological polar surface area (TPSA) is 172 Å². The molecule has 12 nitrogen and oxygen atoms in total. The van der Waals surface area contributed by atoms with Crippen molar-refractivity contribution in [2.45, 2.75) is 19.9 Å². The van der Waals surface area contributed by atoms with E-state index >= 15 is 0 Å². The van der Waals surface area contributed by atoms with E-state index in [1.807, 2.05) is 0 Å². The van der Waals surface area contributed by atoms with E-state index in [-0.39, 0.29) is 22.9 Å². The van der Waals surface area contributed by atoms with Crippen molar-refractivity contribution in [3.8, 4) is 5.75 Å². The quantitative estimate of drug-likeness (QED) is 0.198. The third kappa shape index (κ3) is 4.75. The van der Waals surface area contributed by atoms with E-state index < -0.39 is 44.3 Å². The van der Waals surface area contributed by atoms with Gasteiger partial charge in [-0.1, -0.05) is 0 Å². The van der Waals surface area contributed by atoms with Gasteiger partial charge in [0.1, 0.15) is 16.9 Å². The molecule has 1 N–H and O–H groups in total. The zero-order valence-corrected chi connectivity index (χ0v) is 16.7. The number of nitro benzene ring substituents is 2. The van der Waals surface area contributed by atoms with Crippen molar-refractivity contribution in [1.29, 1.82) is 0 Å². The van der Waals surface area contributed by atoms with E-state index in [4.69, 9.17) is 9.15 Å². The van der Waals surface area contributed by atoms with Crippen molar-refractivity contribution in [3.05, 3.63) is 84.2 Å². The molecule has 3 aromatic rings. The van der Waals surface area contributed by atoms with Crippen LogP contribution in [0.4, 0.5) is 11.4 Å². The van der Waals surface area contributed by atoms with Gasteiger partial charge in [0, 0.05) is 29.6 Å². The van der Waals surface area contributed by atoms with Crippen molar-refractivity contribution in [2.24, 2.45) is 0 Å². The number of benzene rings is 2. The number of hydrogen-bond donors (Lipinski definition) is 1. The molecule has 0 saturated heterocycles. The lowest BCUT2D eigenvalue weighted by molar-refractivity contribution is -0.394. The molecule has 0 aliphatic carbocycles. The van der Waals surface area contributed by atoms with Gasteiger partial charge in [0.15, 0.2) is 0 Å². The molecule has 0 unspecified atom stereocenters. The molecule has 164 valence electrons. The molecule has 1 heterocycles. The fourth-order valence-corrected chi connectivity index (χ4v) is 2.74. The maximum absolute atomic E-state index is 12.4. The lowest BCUT2D eigenvalue weighted by Crippen LogP contribution is -2.33. The molecular formula is C20H15N3O9. The number of carbonyl (C=O) groups is 2. The van der Waals surface area contributed by atoms with E-state index in [1.165, 1.54) is 24.3 Å². The highest BCUT2D eigenvalue weighted by atomic mass is 16.6. The highest BCUT2D eigenvalue weighted by Gasteiger charge is 2.21. The van der Waals surface area contributed by atoms with Crippen LogP contribution < -0.4 is 15.7 Å². The SMILES string of the molecule is CC(C)NC(=O)c1cc2ccc(OC(=O)c3cc([N+](=O)[O-])cc([N+](=O)[O-])c3)cc2oc1=O. The summed E-state index contributed by atoms with van der Waals surface area (Å²) in [5.41, 5.74) is -2.78. The summed E-state index contributed by atoms with van der Waals surface area (Å²) in [6.07, 6.45) is 0. The van der Waals surface area contributed by atoms with Crippen LogP contribution in [-0.2, 0) is 0 Å². The van der Waals surface area contributed by atoms with Crippen LogP contribution in [-0.4, -0.2) is 27.8 Å². The normalized spacial score (nSPS) is 10.7. The number of hydrogen-bond acceptors (Lipinski definition) is 9. The molecule has 0 spiro atoms. The number of nitrogens with zero attached hydrogens (tertiary/aromatic N) is 2. The molecule has 32 heavy (non-hydrogen) atoms. The minimum Gasteiger partial charge on any atom is -0.423 e. The summed E-state index contributed by atoms with van der Waals surface area (Å²) in [6.45, 7) is 3.47. The van der Waals surface area contributed by atoms with Crippen LogP contribution in [0.3, 0.4) is 0 Å². The van der Waals surface area contributed by atoms with Gasteiger partial charge < -0.3 is 14.5 Å². The predicted molar refractivity (Wildman–Crippen MR) is 110 cm³/mol. The van der Waals surface area contributed by atoms with Gasteiger partial charge >= 0.3 is 11.6 Å². The lowest BCUT2D eigenvalue weighted by atomic mass is 10.1. The minimum atomic E-state index is -1.09. The molecule has 0 saturated carbocycles. The molecule has 0 fully saturated rings. The smallest absolute Gasteiger partial charge is 0.349 e. The van der Waals surface area contributed by atoms with E-state index in [0.29, 0.717) is 11.5 Å². The van der Waals surface area contributed by atoms with Crippen LogP contribution in [0.25, 0.3) is 11.0 Å². The zero-order chi connectivity index (χ0) is 23.6. The molecule has 12 heteroatoms. The standard InChI is InChI=1S/C20H15N3O9/c1-10(2)21-18(24)16-7-11-3-4-15(9-17(11)32-20(16)26)31-19(25)12-5-13(22(27)28)8-14(6-12)23(29)30/h3-10H,1-2H3,(H,21,24). The molecule has 0 atom stereocenters. The summed E-state index contributed by atoms with van der Waals surface area (Å²) in [5.74, 6) is -1.77. The Hall–Kier alpha value is -4.61. The number of non-ortho nitro benzene ring substituents is 2. The summed E-state index contributed by atoms with van der Waals surface area (Å²) >= 11 is 0. The Kier molecular flexibility index (Phi) is 5.96. The Morgan fingerprint density at radius 3 is 2.19 bits per heavy atom. The van der Waals surface area contributed by atoms with Crippen molar-refractivity contribution < 1.29 is 28.6 Å². The maximum atomic E-state index is 12.4. The molecule has 0 radical (unpaired) electrons. The zero-order valence-electron chi connectivity index (χ0n) is 16.7. The van der Waals surface area contributed by atoms with Crippen molar-refractivity contribution in [3.63, 3.8) is 0 Å². The van der Waals surface area contributed by atoms with Gasteiger partial charge in [-0.05, 0) is 32.0 Å². The Morgan fingerprint density at radius 1 is 1.00 bits per heavy atom. The third-order valence-corrected chi connectivity index (χ3v) is 4.14. The summed E-state index contributed by atoms with van der Waals surface area (Å²) in [4.78, 5) is 56.9. The van der Waals surface area contributed by atoms with Crippen LogP contribution in [0.2, 0.25) is 0 Å².